The molecule has 0 aromatic heterocycles. The first-order valence-electron chi connectivity index (χ1n) is 3.95. The van der Waals surface area contributed by atoms with Crippen LogP contribution in [0.25, 0.3) is 0 Å². The van der Waals surface area contributed by atoms with E-state index in [-0.39, 0.29) is 6.61 Å². The Balaban J connectivity index is 2.89. The Kier molecular flexibility index (Phi) is 8.27. The number of nitrogens with one attached hydrogen (secondary N) is 1. The van der Waals surface area contributed by atoms with Gasteiger partial charge < -0.3 is 15.5 Å². The van der Waals surface area contributed by atoms with Crippen molar-refractivity contribution in [2.24, 2.45) is 0 Å². The van der Waals surface area contributed by atoms with Gasteiger partial charge in [-0.3, -0.25) is 0 Å². The Morgan fingerprint density at radius 1 is 1.55 bits per heavy atom. The SMILES string of the molecule is C[Si]CCCNCC(O)CO. The van der Waals surface area contributed by atoms with Crippen molar-refractivity contribution in [3.63, 3.8) is 0 Å². The lowest BCUT2D eigenvalue weighted by Gasteiger charge is -2.07. The summed E-state index contributed by atoms with van der Waals surface area (Å²) in [6.45, 7) is 3.48. The smallest absolute Gasteiger partial charge is 0.0894 e. The first kappa shape index (κ1) is 11.1. The molecule has 0 saturated carbocycles. The molecule has 0 aliphatic carbocycles. The van der Waals surface area contributed by atoms with Crippen LogP contribution in [0.1, 0.15) is 6.42 Å². The summed E-state index contributed by atoms with van der Waals surface area (Å²) >= 11 is 0. The molecule has 0 rings (SSSR count). The number of hydrogen-bond acceptors (Lipinski definition) is 3. The molecule has 11 heavy (non-hydrogen) atoms. The average Bonchev–Trinajstić information content (AvgIpc) is 2.04. The van der Waals surface area contributed by atoms with Crippen molar-refractivity contribution in [2.45, 2.75) is 25.1 Å². The van der Waals surface area contributed by atoms with Crippen molar-refractivity contribution in [3.05, 3.63) is 0 Å². The lowest BCUT2D eigenvalue weighted by molar-refractivity contribution is 0.0946. The summed E-state index contributed by atoms with van der Waals surface area (Å²) in [5.74, 6) is 0. The first-order valence-corrected chi connectivity index (χ1v) is 5.66. The zero-order chi connectivity index (χ0) is 8.53. The topological polar surface area (TPSA) is 52.5 Å². The maximum Gasteiger partial charge on any atom is 0.0894 e. The largest absolute Gasteiger partial charge is 0.394 e. The Morgan fingerprint density at radius 3 is 2.82 bits per heavy atom. The fourth-order valence-corrected chi connectivity index (χ4v) is 1.25. The van der Waals surface area contributed by atoms with Crippen LogP contribution >= 0.6 is 0 Å². The van der Waals surface area contributed by atoms with Gasteiger partial charge in [-0.1, -0.05) is 12.6 Å². The molecule has 0 aromatic rings. The van der Waals surface area contributed by atoms with E-state index in [1.807, 2.05) is 0 Å². The number of aliphatic hydroxyl groups excluding tert-OH is 2. The summed E-state index contributed by atoms with van der Waals surface area (Å²) in [7, 11) is 1.01. The number of aliphatic hydroxyl groups is 2. The van der Waals surface area contributed by atoms with Crippen molar-refractivity contribution >= 4 is 9.52 Å². The van der Waals surface area contributed by atoms with Crippen LogP contribution in [0, 0.1) is 0 Å². The van der Waals surface area contributed by atoms with E-state index in [2.05, 4.69) is 11.9 Å². The van der Waals surface area contributed by atoms with Gasteiger partial charge in [-0.2, -0.15) is 0 Å². The maximum atomic E-state index is 8.90. The Labute approximate surface area is 70.6 Å². The minimum atomic E-state index is -0.598. The van der Waals surface area contributed by atoms with E-state index in [0.29, 0.717) is 6.54 Å². The summed E-state index contributed by atoms with van der Waals surface area (Å²) in [4.78, 5) is 0. The van der Waals surface area contributed by atoms with E-state index in [9.17, 15) is 0 Å². The lowest BCUT2D eigenvalue weighted by atomic mass is 10.3. The fraction of sp³-hybridized carbons (Fsp3) is 1.00. The molecule has 1 atom stereocenters. The van der Waals surface area contributed by atoms with Gasteiger partial charge in [0.1, 0.15) is 0 Å². The fourth-order valence-electron chi connectivity index (χ4n) is 0.723. The molecule has 3 N–H and O–H groups in total. The van der Waals surface area contributed by atoms with Gasteiger partial charge in [-0.15, -0.1) is 0 Å². The van der Waals surface area contributed by atoms with E-state index in [0.717, 1.165) is 22.5 Å². The molecular weight excluding hydrogens is 158 g/mol. The maximum absolute atomic E-state index is 8.90. The van der Waals surface area contributed by atoms with Gasteiger partial charge in [0, 0.05) is 16.1 Å². The second-order valence-electron chi connectivity index (χ2n) is 2.50. The highest BCUT2D eigenvalue weighted by atomic mass is 28.2. The van der Waals surface area contributed by atoms with Gasteiger partial charge in [-0.25, -0.2) is 0 Å². The summed E-state index contributed by atoms with van der Waals surface area (Å²) in [6.07, 6.45) is 0.562. The Bertz CT molecular complexity index is 82.8. The molecule has 0 heterocycles. The highest BCUT2D eigenvalue weighted by Crippen LogP contribution is 1.85. The van der Waals surface area contributed by atoms with E-state index >= 15 is 0 Å². The van der Waals surface area contributed by atoms with Crippen LogP contribution in [-0.4, -0.2) is 45.5 Å². The Morgan fingerprint density at radius 2 is 2.27 bits per heavy atom. The molecule has 0 aromatic carbocycles. The summed E-state index contributed by atoms with van der Waals surface area (Å²) in [5.41, 5.74) is 0. The molecule has 2 radical (unpaired) electrons. The second kappa shape index (κ2) is 8.20. The van der Waals surface area contributed by atoms with Crippen molar-refractivity contribution in [1.82, 2.24) is 5.32 Å². The van der Waals surface area contributed by atoms with E-state index in [4.69, 9.17) is 10.2 Å². The molecule has 0 fully saturated rings. The van der Waals surface area contributed by atoms with Crippen LogP contribution in [0.4, 0.5) is 0 Å². The highest BCUT2D eigenvalue weighted by Gasteiger charge is 1.98. The molecule has 0 saturated heterocycles. The van der Waals surface area contributed by atoms with Gasteiger partial charge in [0.05, 0.1) is 12.7 Å². The van der Waals surface area contributed by atoms with Crippen LogP contribution < -0.4 is 5.32 Å². The molecule has 0 bridgehead atoms. The zero-order valence-corrected chi connectivity index (χ0v) is 8.01. The van der Waals surface area contributed by atoms with Gasteiger partial charge >= 0.3 is 0 Å². The van der Waals surface area contributed by atoms with Crippen LogP contribution in [0.15, 0.2) is 0 Å². The summed E-state index contributed by atoms with van der Waals surface area (Å²) in [6, 6.07) is 1.25. The van der Waals surface area contributed by atoms with E-state index in [1.165, 1.54) is 6.04 Å². The predicted molar refractivity (Wildman–Crippen MR) is 47.0 cm³/mol. The highest BCUT2D eigenvalue weighted by molar-refractivity contribution is 6.33. The third kappa shape index (κ3) is 8.00. The van der Waals surface area contributed by atoms with Crippen LogP contribution in [0.2, 0.25) is 12.6 Å². The van der Waals surface area contributed by atoms with Crippen LogP contribution in [0.3, 0.4) is 0 Å². The normalized spacial score (nSPS) is 13.4. The minimum absolute atomic E-state index is 0.150. The average molecular weight is 175 g/mol. The number of rotatable bonds is 7. The Hall–Kier alpha value is 0.0969. The van der Waals surface area contributed by atoms with E-state index in [1.54, 1.807) is 0 Å². The third-order valence-electron chi connectivity index (χ3n) is 1.37. The standard InChI is InChI=1S/C7H17NO2Si/c1-11-4-2-3-8-5-7(10)6-9/h7-10H,2-6H2,1H3. The molecule has 1 unspecified atom stereocenters. The zero-order valence-electron chi connectivity index (χ0n) is 7.01. The quantitative estimate of drug-likeness (QED) is 0.361. The van der Waals surface area contributed by atoms with Gasteiger partial charge in [0.15, 0.2) is 0 Å². The van der Waals surface area contributed by atoms with E-state index < -0.39 is 6.10 Å². The van der Waals surface area contributed by atoms with Gasteiger partial charge in [0.2, 0.25) is 0 Å². The molecular formula is C7H17NO2Si. The summed E-state index contributed by atoms with van der Waals surface area (Å²) in [5, 5.41) is 20.4. The van der Waals surface area contributed by atoms with Crippen molar-refractivity contribution in [1.29, 1.82) is 0 Å². The summed E-state index contributed by atoms with van der Waals surface area (Å²) < 4.78 is 0. The lowest BCUT2D eigenvalue weighted by Crippen LogP contribution is -2.29. The van der Waals surface area contributed by atoms with Gasteiger partial charge in [-0.05, 0) is 13.0 Å². The van der Waals surface area contributed by atoms with Crippen molar-refractivity contribution in [2.75, 3.05) is 19.7 Å². The molecule has 4 heteroatoms. The number of hydrogen-bond donors (Lipinski definition) is 3. The molecule has 0 amide bonds. The van der Waals surface area contributed by atoms with Crippen LogP contribution in [-0.2, 0) is 0 Å². The van der Waals surface area contributed by atoms with Gasteiger partial charge in [0.25, 0.3) is 0 Å². The van der Waals surface area contributed by atoms with Crippen molar-refractivity contribution in [3.8, 4) is 0 Å². The second-order valence-corrected chi connectivity index (χ2v) is 3.70. The molecule has 0 aliphatic heterocycles. The van der Waals surface area contributed by atoms with Crippen LogP contribution in [0.5, 0.6) is 0 Å². The monoisotopic (exact) mass is 175 g/mol. The molecule has 0 aliphatic rings. The third-order valence-corrected chi connectivity index (χ3v) is 2.22. The predicted octanol–water partition coefficient (Wildman–Crippen LogP) is -0.510. The first-order chi connectivity index (χ1) is 5.31. The molecule has 66 valence electrons. The van der Waals surface area contributed by atoms with Crippen molar-refractivity contribution < 1.29 is 10.2 Å². The molecule has 3 nitrogen and oxygen atoms in total. The molecule has 0 spiro atoms. The minimum Gasteiger partial charge on any atom is -0.394 e.